The van der Waals surface area contributed by atoms with Gasteiger partial charge in [0.05, 0.1) is 12.7 Å². The molecule has 1 rings (SSSR count). The van der Waals surface area contributed by atoms with Crippen LogP contribution in [0.15, 0.2) is 97.2 Å². The van der Waals surface area contributed by atoms with Crippen LogP contribution in [0.3, 0.4) is 0 Å². The van der Waals surface area contributed by atoms with Crippen molar-refractivity contribution in [3.63, 3.8) is 0 Å². The van der Waals surface area contributed by atoms with Gasteiger partial charge in [0.2, 0.25) is 0 Å². The van der Waals surface area contributed by atoms with Crippen LogP contribution < -0.4 is 0 Å². The molecule has 1 fully saturated rings. The van der Waals surface area contributed by atoms with Gasteiger partial charge >= 0.3 is 19.8 Å². The molecule has 7 N–H and O–H groups in total. The third-order valence-corrected chi connectivity index (χ3v) is 11.5. The Balaban J connectivity index is 2.56. The number of phosphoric ester groups is 1. The first kappa shape index (κ1) is 60.7. The average molecular weight is 951 g/mol. The number of allylic oxidation sites excluding steroid dienone is 15. The zero-order valence-corrected chi connectivity index (χ0v) is 40.4. The summed E-state index contributed by atoms with van der Waals surface area (Å²) in [7, 11) is -5.18. The second-order valence-corrected chi connectivity index (χ2v) is 17.8. The maximum Gasteiger partial charge on any atom is 0.472 e. The van der Waals surface area contributed by atoms with Gasteiger partial charge in [-0.25, -0.2) is 4.57 Å². The van der Waals surface area contributed by atoms with Crippen molar-refractivity contribution in [1.82, 2.24) is 0 Å². The van der Waals surface area contributed by atoms with E-state index in [-0.39, 0.29) is 25.7 Å². The molecule has 15 heteroatoms. The summed E-state index contributed by atoms with van der Waals surface area (Å²) in [5.74, 6) is -1.34. The maximum absolute atomic E-state index is 12.8. The Morgan fingerprint density at radius 1 is 0.561 bits per heavy atom. The van der Waals surface area contributed by atoms with Gasteiger partial charge in [-0.15, -0.1) is 0 Å². The molecular formula is C51H83O14P. The van der Waals surface area contributed by atoms with Gasteiger partial charge in [0, 0.05) is 12.8 Å². The highest BCUT2D eigenvalue weighted by molar-refractivity contribution is 7.47. The first-order valence-electron chi connectivity index (χ1n) is 24.1. The molecule has 1 aliphatic rings. The molecule has 0 amide bonds. The van der Waals surface area contributed by atoms with E-state index < -0.39 is 81.8 Å². The molecule has 0 radical (unpaired) electrons. The quantitative estimate of drug-likeness (QED) is 0.0101. The maximum atomic E-state index is 12.8. The summed E-state index contributed by atoms with van der Waals surface area (Å²) in [6.07, 6.45) is 36.2. The lowest BCUT2D eigenvalue weighted by Crippen LogP contribution is -2.64. The summed E-state index contributed by atoms with van der Waals surface area (Å²) in [6.45, 7) is 2.98. The van der Waals surface area contributed by atoms with Crippen molar-refractivity contribution in [3.8, 4) is 0 Å². The molecule has 0 aromatic rings. The third kappa shape index (κ3) is 31.7. The van der Waals surface area contributed by atoms with Gasteiger partial charge in [-0.1, -0.05) is 150 Å². The zero-order valence-electron chi connectivity index (χ0n) is 39.6. The number of esters is 2. The predicted octanol–water partition coefficient (Wildman–Crippen LogP) is 8.80. The van der Waals surface area contributed by atoms with Crippen molar-refractivity contribution in [3.05, 3.63) is 97.2 Å². The van der Waals surface area contributed by atoms with Crippen LogP contribution in [0.2, 0.25) is 0 Å². The molecule has 1 saturated carbocycles. The molecule has 0 saturated heterocycles. The minimum Gasteiger partial charge on any atom is -0.462 e. The summed E-state index contributed by atoms with van der Waals surface area (Å²) in [4.78, 5) is 35.8. The van der Waals surface area contributed by atoms with Crippen LogP contribution in [-0.4, -0.2) is 110 Å². The third-order valence-electron chi connectivity index (χ3n) is 10.5. The number of hydrogen-bond acceptors (Lipinski definition) is 13. The van der Waals surface area contributed by atoms with Crippen molar-refractivity contribution < 1.29 is 68.2 Å². The van der Waals surface area contributed by atoms with Gasteiger partial charge in [0.15, 0.2) is 6.10 Å². The Kier molecular flexibility index (Phi) is 36.5. The fourth-order valence-electron chi connectivity index (χ4n) is 6.62. The molecule has 0 heterocycles. The lowest BCUT2D eigenvalue weighted by Gasteiger charge is -2.41. The van der Waals surface area contributed by atoms with Gasteiger partial charge < -0.3 is 45.0 Å². The molecular weight excluding hydrogens is 868 g/mol. The van der Waals surface area contributed by atoms with Crippen molar-refractivity contribution in [2.75, 3.05) is 13.2 Å². The summed E-state index contributed by atoms with van der Waals surface area (Å²) in [5, 5.41) is 60.5. The number of unbranched alkanes of at least 4 members (excludes halogenated alkanes) is 9. The lowest BCUT2D eigenvalue weighted by molar-refractivity contribution is -0.220. The number of aliphatic hydroxyl groups is 6. The Hall–Kier alpha value is -3.27. The summed E-state index contributed by atoms with van der Waals surface area (Å²) in [6, 6.07) is 0. The van der Waals surface area contributed by atoms with Gasteiger partial charge in [-0.2, -0.15) is 0 Å². The molecule has 0 spiro atoms. The molecule has 66 heavy (non-hydrogen) atoms. The average Bonchev–Trinajstić information content (AvgIpc) is 3.29. The molecule has 0 aliphatic heterocycles. The van der Waals surface area contributed by atoms with Crippen molar-refractivity contribution in [2.45, 2.75) is 198 Å². The topological polar surface area (TPSA) is 230 Å². The van der Waals surface area contributed by atoms with Crippen LogP contribution in [0.1, 0.15) is 149 Å². The monoisotopic (exact) mass is 951 g/mol. The number of carbonyl (C=O) groups excluding carboxylic acids is 2. The fraction of sp³-hybridized carbons (Fsp3) is 0.647. The van der Waals surface area contributed by atoms with E-state index in [0.29, 0.717) is 6.42 Å². The molecule has 0 aromatic carbocycles. The molecule has 376 valence electrons. The van der Waals surface area contributed by atoms with E-state index in [1.807, 2.05) is 12.2 Å². The van der Waals surface area contributed by atoms with Crippen LogP contribution in [0.25, 0.3) is 0 Å². The molecule has 0 aromatic heterocycles. The van der Waals surface area contributed by atoms with E-state index >= 15 is 0 Å². The van der Waals surface area contributed by atoms with E-state index in [1.165, 1.54) is 38.5 Å². The number of carbonyl (C=O) groups is 2. The number of aliphatic hydroxyl groups excluding tert-OH is 6. The summed E-state index contributed by atoms with van der Waals surface area (Å²) in [5.41, 5.74) is 0. The SMILES string of the molecule is CC/C=C\C/C=C\C/C=C\C/C=C\C/C=C\CCCCCC(=O)O[C@H](COC(=O)CCCC(O)/C=C/C=C/C/C=C/CCCCCCCC)COP(=O)(O)OC1[C@H](O)[C@H](O)C(O)[C@H](O)[C@H]1O. The molecule has 4 unspecified atom stereocenters. The van der Waals surface area contributed by atoms with Crippen LogP contribution in [0, 0.1) is 0 Å². The van der Waals surface area contributed by atoms with Crippen LogP contribution in [-0.2, 0) is 32.7 Å². The highest BCUT2D eigenvalue weighted by atomic mass is 31.2. The Morgan fingerprint density at radius 3 is 1.62 bits per heavy atom. The molecule has 14 nitrogen and oxygen atoms in total. The minimum absolute atomic E-state index is 0.0124. The smallest absolute Gasteiger partial charge is 0.462 e. The van der Waals surface area contributed by atoms with Gasteiger partial charge in [-0.05, 0) is 83.5 Å². The largest absolute Gasteiger partial charge is 0.472 e. The molecule has 1 aliphatic carbocycles. The number of phosphoric acid groups is 1. The van der Waals surface area contributed by atoms with Crippen LogP contribution in [0.5, 0.6) is 0 Å². The van der Waals surface area contributed by atoms with Gasteiger partial charge in [0.25, 0.3) is 0 Å². The first-order chi connectivity index (χ1) is 31.8. The number of ether oxygens (including phenoxy) is 2. The molecule has 0 bridgehead atoms. The highest BCUT2D eigenvalue weighted by Gasteiger charge is 2.51. The van der Waals surface area contributed by atoms with E-state index in [0.717, 1.165) is 64.2 Å². The molecule has 9 atom stereocenters. The fourth-order valence-corrected chi connectivity index (χ4v) is 7.59. The first-order valence-corrected chi connectivity index (χ1v) is 25.6. The summed E-state index contributed by atoms with van der Waals surface area (Å²) >= 11 is 0. The zero-order chi connectivity index (χ0) is 48.7. The minimum atomic E-state index is -5.18. The highest BCUT2D eigenvalue weighted by Crippen LogP contribution is 2.47. The van der Waals surface area contributed by atoms with Gasteiger partial charge in [0.1, 0.15) is 43.2 Å². The lowest BCUT2D eigenvalue weighted by atomic mass is 9.85. The van der Waals surface area contributed by atoms with E-state index in [2.05, 4.69) is 86.8 Å². The van der Waals surface area contributed by atoms with Crippen molar-refractivity contribution >= 4 is 19.8 Å². The standard InChI is InChI=1S/C51H83O14P/c1-3-5-7-9-11-13-15-17-18-19-20-21-22-24-26-28-30-32-34-38-45(54)64-43(41-63-66(60,61)65-51-49(58)47(56)46(55)48(57)50(51)59)40-62-44(53)39-35-37-42(52)36-33-31-29-27-25-23-16-14-12-10-8-6-4-2/h5,7,11,13,17-18,20-21,23-26,29,31,33,36,42-43,46-52,55-59H,3-4,6,8-10,12,14-16,19,22,27-28,30,32,34-35,37-41H2,1-2H3,(H,60,61)/b7-5-,13-11-,18-17-,21-20-,25-23+,26-24-,31-29+,36-33+/t42?,43-,46?,47-,48+,49-,50-,51?/m1/s1. The normalized spacial score (nSPS) is 22.6. The van der Waals surface area contributed by atoms with E-state index in [9.17, 15) is 49.7 Å². The van der Waals surface area contributed by atoms with Crippen molar-refractivity contribution in [1.29, 1.82) is 0 Å². The number of rotatable bonds is 38. The Morgan fingerprint density at radius 2 is 1.05 bits per heavy atom. The van der Waals surface area contributed by atoms with Crippen LogP contribution in [0.4, 0.5) is 0 Å². The summed E-state index contributed by atoms with van der Waals surface area (Å²) < 4.78 is 33.4. The Labute approximate surface area is 394 Å². The number of hydrogen-bond donors (Lipinski definition) is 7. The van der Waals surface area contributed by atoms with Gasteiger partial charge in [-0.3, -0.25) is 18.6 Å². The Bertz CT molecular complexity index is 1540. The van der Waals surface area contributed by atoms with E-state index in [4.69, 9.17) is 18.5 Å². The van der Waals surface area contributed by atoms with E-state index in [1.54, 1.807) is 12.2 Å². The van der Waals surface area contributed by atoms with Crippen molar-refractivity contribution in [2.24, 2.45) is 0 Å². The predicted molar refractivity (Wildman–Crippen MR) is 259 cm³/mol. The second kappa shape index (κ2) is 39.7. The second-order valence-electron chi connectivity index (χ2n) is 16.4. The van der Waals surface area contributed by atoms with Crippen LogP contribution >= 0.6 is 7.82 Å².